The molecule has 0 radical (unpaired) electrons. The van der Waals surface area contributed by atoms with Crippen LogP contribution < -0.4 is 5.32 Å². The second-order valence-corrected chi connectivity index (χ2v) is 4.55. The van der Waals surface area contributed by atoms with E-state index in [9.17, 15) is 14.5 Å². The molecule has 1 atom stereocenters. The normalized spacial score (nSPS) is 12.1. The number of non-ortho nitro benzene ring substituents is 1. The van der Waals surface area contributed by atoms with Crippen LogP contribution in [0.25, 0.3) is 0 Å². The molecular weight excluding hydrogens is 259 g/mol. The highest BCUT2D eigenvalue weighted by Crippen LogP contribution is 2.18. The first-order valence-electron chi connectivity index (χ1n) is 6.29. The van der Waals surface area contributed by atoms with Gasteiger partial charge in [0, 0.05) is 30.3 Å². The highest BCUT2D eigenvalue weighted by molar-refractivity contribution is 5.34. The van der Waals surface area contributed by atoms with Crippen LogP contribution in [0.15, 0.2) is 48.5 Å². The van der Waals surface area contributed by atoms with Gasteiger partial charge in [-0.1, -0.05) is 30.3 Å². The lowest BCUT2D eigenvalue weighted by atomic mass is 10.1. The molecule has 5 heteroatoms. The maximum Gasteiger partial charge on any atom is 0.269 e. The largest absolute Gasteiger partial charge is 0.306 e. The Morgan fingerprint density at radius 3 is 2.70 bits per heavy atom. The van der Waals surface area contributed by atoms with Gasteiger partial charge in [-0.25, -0.2) is 4.39 Å². The van der Waals surface area contributed by atoms with Crippen LogP contribution in [-0.2, 0) is 6.54 Å². The lowest BCUT2D eigenvalue weighted by molar-refractivity contribution is -0.384. The third-order valence-corrected chi connectivity index (χ3v) is 3.11. The molecule has 104 valence electrons. The van der Waals surface area contributed by atoms with Gasteiger partial charge in [0.2, 0.25) is 0 Å². The fourth-order valence-electron chi connectivity index (χ4n) is 1.99. The van der Waals surface area contributed by atoms with E-state index in [2.05, 4.69) is 5.32 Å². The fraction of sp³-hybridized carbons (Fsp3) is 0.200. The number of nitro groups is 1. The number of benzene rings is 2. The smallest absolute Gasteiger partial charge is 0.269 e. The molecule has 0 aliphatic rings. The number of halogens is 1. The van der Waals surface area contributed by atoms with Crippen molar-refractivity contribution >= 4 is 5.69 Å². The van der Waals surface area contributed by atoms with Gasteiger partial charge >= 0.3 is 0 Å². The molecule has 0 fully saturated rings. The van der Waals surface area contributed by atoms with Gasteiger partial charge in [-0.3, -0.25) is 10.1 Å². The summed E-state index contributed by atoms with van der Waals surface area (Å²) in [6, 6.07) is 12.8. The summed E-state index contributed by atoms with van der Waals surface area (Å²) in [5, 5.41) is 13.9. The molecule has 2 rings (SSSR count). The molecule has 0 saturated heterocycles. The first kappa shape index (κ1) is 14.1. The molecule has 1 N–H and O–H groups in total. The van der Waals surface area contributed by atoms with Gasteiger partial charge in [0.15, 0.2) is 0 Å². The summed E-state index contributed by atoms with van der Waals surface area (Å²) in [4.78, 5) is 10.3. The summed E-state index contributed by atoms with van der Waals surface area (Å²) in [5.74, 6) is -0.258. The molecule has 2 aromatic carbocycles. The van der Waals surface area contributed by atoms with Crippen LogP contribution in [0.4, 0.5) is 10.1 Å². The van der Waals surface area contributed by atoms with Gasteiger partial charge in [0.05, 0.1) is 4.92 Å². The molecule has 0 heterocycles. The molecular formula is C15H15FN2O2. The standard InChI is InChI=1S/C15H15FN2O2/c1-11(14-7-2-3-8-15(14)16)17-10-12-5-4-6-13(9-12)18(19)20/h2-9,11,17H,10H2,1H3/t11-/m1/s1. The average Bonchev–Trinajstić information content (AvgIpc) is 2.45. The highest BCUT2D eigenvalue weighted by atomic mass is 19.1. The van der Waals surface area contributed by atoms with Crippen LogP contribution >= 0.6 is 0 Å². The first-order valence-corrected chi connectivity index (χ1v) is 6.29. The second-order valence-electron chi connectivity index (χ2n) is 4.55. The molecule has 0 saturated carbocycles. The van der Waals surface area contributed by atoms with E-state index < -0.39 is 4.92 Å². The van der Waals surface area contributed by atoms with E-state index in [0.717, 1.165) is 5.56 Å². The average molecular weight is 274 g/mol. The number of hydrogen-bond acceptors (Lipinski definition) is 3. The van der Waals surface area contributed by atoms with Crippen LogP contribution in [0.2, 0.25) is 0 Å². The van der Waals surface area contributed by atoms with Crippen molar-refractivity contribution in [3.05, 3.63) is 75.6 Å². The van der Waals surface area contributed by atoms with Crippen molar-refractivity contribution in [3.63, 3.8) is 0 Å². The molecule has 4 nitrogen and oxygen atoms in total. The summed E-state index contributed by atoms with van der Waals surface area (Å²) in [6.45, 7) is 2.30. The Morgan fingerprint density at radius 1 is 1.25 bits per heavy atom. The van der Waals surface area contributed by atoms with Crippen molar-refractivity contribution in [3.8, 4) is 0 Å². The van der Waals surface area contributed by atoms with E-state index in [0.29, 0.717) is 12.1 Å². The summed E-state index contributed by atoms with van der Waals surface area (Å²) in [5.41, 5.74) is 1.43. The van der Waals surface area contributed by atoms with Crippen molar-refractivity contribution in [2.24, 2.45) is 0 Å². The Hall–Kier alpha value is -2.27. The van der Waals surface area contributed by atoms with Crippen molar-refractivity contribution < 1.29 is 9.31 Å². The number of rotatable bonds is 5. The molecule has 20 heavy (non-hydrogen) atoms. The number of nitrogens with zero attached hydrogens (tertiary/aromatic N) is 1. The van der Waals surface area contributed by atoms with E-state index in [1.54, 1.807) is 30.3 Å². The Kier molecular flexibility index (Phi) is 4.42. The van der Waals surface area contributed by atoms with Gasteiger partial charge in [-0.2, -0.15) is 0 Å². The van der Waals surface area contributed by atoms with Crippen molar-refractivity contribution in [2.75, 3.05) is 0 Å². The van der Waals surface area contributed by atoms with Gasteiger partial charge in [-0.05, 0) is 18.6 Å². The van der Waals surface area contributed by atoms with E-state index in [4.69, 9.17) is 0 Å². The zero-order valence-corrected chi connectivity index (χ0v) is 11.0. The fourth-order valence-corrected chi connectivity index (χ4v) is 1.99. The summed E-state index contributed by atoms with van der Waals surface area (Å²) >= 11 is 0. The molecule has 0 amide bonds. The highest BCUT2D eigenvalue weighted by Gasteiger charge is 2.10. The van der Waals surface area contributed by atoms with Crippen LogP contribution in [0.3, 0.4) is 0 Å². The number of nitrogens with one attached hydrogen (secondary N) is 1. The molecule has 0 bridgehead atoms. The van der Waals surface area contributed by atoms with E-state index in [1.165, 1.54) is 18.2 Å². The van der Waals surface area contributed by atoms with Gasteiger partial charge in [0.25, 0.3) is 5.69 Å². The molecule has 0 aliphatic carbocycles. The molecule has 0 unspecified atom stereocenters. The van der Waals surface area contributed by atoms with Crippen molar-refractivity contribution in [2.45, 2.75) is 19.5 Å². The molecule has 0 aromatic heterocycles. The third kappa shape index (κ3) is 3.39. The van der Waals surface area contributed by atoms with Crippen LogP contribution in [0.1, 0.15) is 24.1 Å². The van der Waals surface area contributed by atoms with E-state index >= 15 is 0 Å². The Bertz CT molecular complexity index is 616. The third-order valence-electron chi connectivity index (χ3n) is 3.11. The maximum absolute atomic E-state index is 13.6. The minimum atomic E-state index is -0.427. The summed E-state index contributed by atoms with van der Waals surface area (Å²) in [6.07, 6.45) is 0. The molecule has 0 spiro atoms. The first-order chi connectivity index (χ1) is 9.58. The van der Waals surface area contributed by atoms with E-state index in [1.807, 2.05) is 6.92 Å². The number of nitro benzene ring substituents is 1. The van der Waals surface area contributed by atoms with Crippen LogP contribution in [0, 0.1) is 15.9 Å². The minimum absolute atomic E-state index is 0.0582. The molecule has 0 aliphatic heterocycles. The number of hydrogen-bond donors (Lipinski definition) is 1. The predicted molar refractivity (Wildman–Crippen MR) is 74.8 cm³/mol. The quantitative estimate of drug-likeness (QED) is 0.669. The Morgan fingerprint density at radius 2 is 2.00 bits per heavy atom. The van der Waals surface area contributed by atoms with Crippen molar-refractivity contribution in [1.29, 1.82) is 0 Å². The van der Waals surface area contributed by atoms with Crippen molar-refractivity contribution in [1.82, 2.24) is 5.32 Å². The zero-order valence-electron chi connectivity index (χ0n) is 11.0. The lowest BCUT2D eigenvalue weighted by Gasteiger charge is -2.15. The lowest BCUT2D eigenvalue weighted by Crippen LogP contribution is -2.19. The van der Waals surface area contributed by atoms with Crippen LogP contribution in [0.5, 0.6) is 0 Å². The Balaban J connectivity index is 2.04. The molecule has 2 aromatic rings. The van der Waals surface area contributed by atoms with E-state index in [-0.39, 0.29) is 17.5 Å². The topological polar surface area (TPSA) is 55.2 Å². The van der Waals surface area contributed by atoms with Gasteiger partial charge < -0.3 is 5.32 Å². The Labute approximate surface area is 116 Å². The van der Waals surface area contributed by atoms with Crippen LogP contribution in [-0.4, -0.2) is 4.92 Å². The SMILES string of the molecule is C[C@@H](NCc1cccc([N+](=O)[O-])c1)c1ccccc1F. The monoisotopic (exact) mass is 274 g/mol. The minimum Gasteiger partial charge on any atom is -0.306 e. The summed E-state index contributed by atoms with van der Waals surface area (Å²) in [7, 11) is 0. The van der Waals surface area contributed by atoms with Gasteiger partial charge in [0.1, 0.15) is 5.82 Å². The van der Waals surface area contributed by atoms with Gasteiger partial charge in [-0.15, -0.1) is 0 Å². The maximum atomic E-state index is 13.6. The zero-order chi connectivity index (χ0) is 14.5. The predicted octanol–water partition coefficient (Wildman–Crippen LogP) is 3.58. The summed E-state index contributed by atoms with van der Waals surface area (Å²) < 4.78 is 13.6. The second kappa shape index (κ2) is 6.25.